The first-order chi connectivity index (χ1) is 17.6. The molecule has 1 aliphatic heterocycles. The molecule has 0 saturated heterocycles. The summed E-state index contributed by atoms with van der Waals surface area (Å²) in [6, 6.07) is 3.61. The zero-order chi connectivity index (χ0) is 26.6. The lowest BCUT2D eigenvalue weighted by Gasteiger charge is -2.30. The number of rotatable bonds is 8. The monoisotopic (exact) mass is 522 g/mol. The largest absolute Gasteiger partial charge is 0.465 e. The van der Waals surface area contributed by atoms with Crippen LogP contribution in [-0.2, 0) is 31.1 Å². The lowest BCUT2D eigenvalue weighted by molar-refractivity contribution is -0.190. The van der Waals surface area contributed by atoms with Gasteiger partial charge in [0.25, 0.3) is 0 Å². The molecular weight excluding hydrogens is 485 g/mol. The van der Waals surface area contributed by atoms with Crippen molar-refractivity contribution in [3.8, 4) is 5.88 Å². The smallest absolute Gasteiger partial charge is 0.425 e. The number of aromatic nitrogens is 4. The summed E-state index contributed by atoms with van der Waals surface area (Å²) >= 11 is 0. The van der Waals surface area contributed by atoms with E-state index < -0.39 is 12.3 Å². The molecule has 1 amide bonds. The summed E-state index contributed by atoms with van der Waals surface area (Å²) in [6.07, 6.45) is 0.731. The minimum Gasteiger partial charge on any atom is -0.465 e. The third kappa shape index (κ3) is 7.66. The summed E-state index contributed by atoms with van der Waals surface area (Å²) in [6.45, 7) is 5.61. The lowest BCUT2D eigenvalue weighted by atomic mass is 9.84. The van der Waals surface area contributed by atoms with E-state index in [-0.39, 0.29) is 24.2 Å². The van der Waals surface area contributed by atoms with E-state index in [1.54, 1.807) is 10.7 Å². The van der Waals surface area contributed by atoms with Gasteiger partial charge in [-0.1, -0.05) is 6.07 Å². The summed E-state index contributed by atoms with van der Waals surface area (Å²) in [5.41, 5.74) is 1.92. The van der Waals surface area contributed by atoms with Gasteiger partial charge >= 0.3 is 6.18 Å². The normalized spacial score (nSPS) is 21.7. The summed E-state index contributed by atoms with van der Waals surface area (Å²) in [5.74, 6) is 2.00. The summed E-state index contributed by atoms with van der Waals surface area (Å²) in [5, 5.41) is 7.40. The van der Waals surface area contributed by atoms with Gasteiger partial charge in [0.15, 0.2) is 11.9 Å². The van der Waals surface area contributed by atoms with Crippen molar-refractivity contribution in [2.24, 2.45) is 13.0 Å². The zero-order valence-electron chi connectivity index (χ0n) is 21.9. The fourth-order valence-corrected chi connectivity index (χ4v) is 5.13. The predicted octanol–water partition coefficient (Wildman–Crippen LogP) is 3.56. The molecule has 1 unspecified atom stereocenters. The van der Waals surface area contributed by atoms with Gasteiger partial charge in [0.05, 0.1) is 6.42 Å². The predicted molar refractivity (Wildman–Crippen MR) is 132 cm³/mol. The van der Waals surface area contributed by atoms with Crippen LogP contribution < -0.4 is 10.1 Å². The van der Waals surface area contributed by atoms with Crippen LogP contribution in [0.4, 0.5) is 13.2 Å². The fraction of sp³-hybridized carbons (Fsp3) is 0.692. The Morgan fingerprint density at radius 1 is 1.16 bits per heavy atom. The number of aryl methyl sites for hydroxylation is 2. The van der Waals surface area contributed by atoms with Crippen molar-refractivity contribution in [2.75, 3.05) is 19.6 Å². The molecule has 3 heterocycles. The first-order valence-corrected chi connectivity index (χ1v) is 13.2. The molecule has 0 spiro atoms. The van der Waals surface area contributed by atoms with E-state index in [0.29, 0.717) is 18.2 Å². The maximum Gasteiger partial charge on any atom is 0.425 e. The van der Waals surface area contributed by atoms with Crippen LogP contribution in [0.2, 0.25) is 0 Å². The Morgan fingerprint density at radius 2 is 1.89 bits per heavy atom. The first kappa shape index (κ1) is 27.3. The molecule has 37 heavy (non-hydrogen) atoms. The maximum atomic E-state index is 12.8. The van der Waals surface area contributed by atoms with Crippen molar-refractivity contribution in [1.82, 2.24) is 30.0 Å². The van der Waals surface area contributed by atoms with E-state index in [0.717, 1.165) is 82.2 Å². The molecule has 0 bridgehead atoms. The van der Waals surface area contributed by atoms with Crippen LogP contribution >= 0.6 is 0 Å². The van der Waals surface area contributed by atoms with Crippen molar-refractivity contribution in [3.05, 3.63) is 35.0 Å². The highest BCUT2D eigenvalue weighted by Gasteiger charge is 2.38. The number of amides is 1. The van der Waals surface area contributed by atoms with E-state index >= 15 is 0 Å². The van der Waals surface area contributed by atoms with Crippen LogP contribution in [0.15, 0.2) is 12.1 Å². The SMILES string of the molecule is Cc1nc(CC(=O)NC2CCC(CCN3CCc4ccc(OC(C)C(F)(F)F)nc4CC3)CC2)nn1C. The van der Waals surface area contributed by atoms with Crippen LogP contribution in [0.3, 0.4) is 0 Å². The highest BCUT2D eigenvalue weighted by atomic mass is 19.4. The Kier molecular flexibility index (Phi) is 8.71. The highest BCUT2D eigenvalue weighted by molar-refractivity contribution is 5.78. The van der Waals surface area contributed by atoms with Gasteiger partial charge in [-0.15, -0.1) is 0 Å². The highest BCUT2D eigenvalue weighted by Crippen LogP contribution is 2.28. The molecule has 1 aliphatic carbocycles. The number of hydrogen-bond acceptors (Lipinski definition) is 6. The molecule has 2 aromatic heterocycles. The Hall–Kier alpha value is -2.69. The first-order valence-electron chi connectivity index (χ1n) is 13.2. The Morgan fingerprint density at radius 3 is 2.57 bits per heavy atom. The molecule has 204 valence electrons. The molecule has 11 heteroatoms. The molecule has 4 rings (SSSR count). The Labute approximate surface area is 216 Å². The third-order valence-corrected chi connectivity index (χ3v) is 7.57. The topological polar surface area (TPSA) is 85.2 Å². The van der Waals surface area contributed by atoms with E-state index in [9.17, 15) is 18.0 Å². The molecule has 1 N–H and O–H groups in total. The van der Waals surface area contributed by atoms with Crippen molar-refractivity contribution in [1.29, 1.82) is 0 Å². The molecule has 2 aromatic rings. The van der Waals surface area contributed by atoms with Gasteiger partial charge in [-0.2, -0.15) is 18.3 Å². The molecule has 1 saturated carbocycles. The number of hydrogen-bond donors (Lipinski definition) is 1. The number of alkyl halides is 3. The Balaban J connectivity index is 1.17. The number of nitrogens with one attached hydrogen (secondary N) is 1. The average Bonchev–Trinajstić information content (AvgIpc) is 3.02. The fourth-order valence-electron chi connectivity index (χ4n) is 5.13. The van der Waals surface area contributed by atoms with Crippen LogP contribution in [0.5, 0.6) is 5.88 Å². The zero-order valence-corrected chi connectivity index (χ0v) is 21.9. The number of halogens is 3. The van der Waals surface area contributed by atoms with Crippen LogP contribution in [0.25, 0.3) is 0 Å². The standard InChI is InChI=1S/C26H37F3N6O2/c1-17(26(27,28)29)37-25-9-6-20-11-14-35(15-12-22(20)32-25)13-10-19-4-7-21(8-5-19)31-24(36)16-23-30-18(2)34(3)33-23/h6,9,17,19,21H,4-5,7-8,10-16H2,1-3H3,(H,31,36). The molecular formula is C26H37F3N6O2. The van der Waals surface area contributed by atoms with E-state index in [2.05, 4.69) is 25.3 Å². The average molecular weight is 523 g/mol. The van der Waals surface area contributed by atoms with E-state index in [1.165, 1.54) is 0 Å². The maximum absolute atomic E-state index is 12.8. The van der Waals surface area contributed by atoms with Crippen LogP contribution in [0, 0.1) is 12.8 Å². The van der Waals surface area contributed by atoms with Gasteiger partial charge < -0.3 is 15.0 Å². The van der Waals surface area contributed by atoms with Gasteiger partial charge in [-0.05, 0) is 70.4 Å². The minimum atomic E-state index is -4.41. The third-order valence-electron chi connectivity index (χ3n) is 7.57. The van der Waals surface area contributed by atoms with Gasteiger partial charge in [0, 0.05) is 44.4 Å². The van der Waals surface area contributed by atoms with E-state index in [1.807, 2.05) is 20.0 Å². The van der Waals surface area contributed by atoms with Crippen LogP contribution in [0.1, 0.15) is 61.9 Å². The summed E-state index contributed by atoms with van der Waals surface area (Å²) < 4.78 is 45.1. The number of nitrogens with zero attached hydrogens (tertiary/aromatic N) is 5. The second-order valence-electron chi connectivity index (χ2n) is 10.3. The van der Waals surface area contributed by atoms with Crippen molar-refractivity contribution < 1.29 is 22.7 Å². The van der Waals surface area contributed by atoms with Gasteiger partial charge in [-0.25, -0.2) is 9.97 Å². The molecule has 2 aliphatic rings. The number of ether oxygens (including phenoxy) is 1. The number of carbonyl (C=O) groups excluding carboxylic acids is 1. The second-order valence-corrected chi connectivity index (χ2v) is 10.3. The number of fused-ring (bicyclic) bond motifs is 1. The molecule has 0 aromatic carbocycles. The van der Waals surface area contributed by atoms with Gasteiger partial charge in [-0.3, -0.25) is 9.48 Å². The van der Waals surface area contributed by atoms with Crippen molar-refractivity contribution in [2.45, 2.75) is 83.5 Å². The summed E-state index contributed by atoms with van der Waals surface area (Å²) in [7, 11) is 1.82. The molecule has 1 atom stereocenters. The molecule has 0 radical (unpaired) electrons. The Bertz CT molecular complexity index is 1050. The number of carbonyl (C=O) groups is 1. The van der Waals surface area contributed by atoms with Crippen molar-refractivity contribution in [3.63, 3.8) is 0 Å². The lowest BCUT2D eigenvalue weighted by Crippen LogP contribution is -2.39. The van der Waals surface area contributed by atoms with Gasteiger partial charge in [0.1, 0.15) is 5.82 Å². The minimum absolute atomic E-state index is 0.0202. The van der Waals surface area contributed by atoms with Gasteiger partial charge in [0.2, 0.25) is 11.8 Å². The molecule has 8 nitrogen and oxygen atoms in total. The summed E-state index contributed by atoms with van der Waals surface area (Å²) in [4.78, 5) is 23.5. The molecule has 1 fully saturated rings. The van der Waals surface area contributed by atoms with Crippen molar-refractivity contribution >= 4 is 5.91 Å². The van der Waals surface area contributed by atoms with Crippen LogP contribution in [-0.4, -0.2) is 68.5 Å². The van der Waals surface area contributed by atoms with E-state index in [4.69, 9.17) is 4.74 Å². The second kappa shape index (κ2) is 11.8. The quantitative estimate of drug-likeness (QED) is 0.571. The number of pyridine rings is 1.